The maximum atomic E-state index is 13.2. The summed E-state index contributed by atoms with van der Waals surface area (Å²) in [5.41, 5.74) is 0.680. The van der Waals surface area contributed by atoms with Crippen LogP contribution < -0.4 is 14.5 Å². The number of piperazine rings is 1. The number of anilines is 3. The molecule has 1 saturated heterocycles. The molecule has 10 nitrogen and oxygen atoms in total. The third-order valence-electron chi connectivity index (χ3n) is 5.45. The van der Waals surface area contributed by atoms with Crippen LogP contribution in [0.4, 0.5) is 34.8 Å². The third kappa shape index (κ3) is 7.80. The molecule has 2 aromatic carbocycles. The van der Waals surface area contributed by atoms with Gasteiger partial charge < -0.3 is 20.0 Å². The molecule has 0 radical (unpaired) electrons. The standard InChI is InChI=1S/C22H21FN4O4S.C2HF3O2/c23-17-5-7-18(8-6-17)32(30,31)25-19-15-16(22(28)29)4-9-20(19)26-11-13-27(14-12-26)21-3-1-2-10-24-21;3-2(4,5)1(6)7/h1-10,15,25H,11-14H2,(H,28,29);(H,6,7). The number of carboxylic acid groups (broad SMARTS) is 2. The molecule has 0 atom stereocenters. The number of carbonyl (C=O) groups is 2. The zero-order chi connectivity index (χ0) is 28.8. The molecule has 1 aromatic heterocycles. The number of carboxylic acids is 2. The van der Waals surface area contributed by atoms with Crippen LogP contribution in [0.2, 0.25) is 0 Å². The SMILES string of the molecule is O=C(O)C(F)(F)F.O=C(O)c1ccc(N2CCN(c3ccccn3)CC2)c(NS(=O)(=O)c2ccc(F)cc2)c1. The number of hydrogen-bond donors (Lipinski definition) is 3. The molecular weight excluding hydrogens is 548 g/mol. The second-order valence-electron chi connectivity index (χ2n) is 8.06. The maximum Gasteiger partial charge on any atom is 0.490 e. The van der Waals surface area contributed by atoms with E-state index in [4.69, 9.17) is 9.90 Å². The smallest absolute Gasteiger partial charge is 0.478 e. The van der Waals surface area contributed by atoms with Crippen molar-refractivity contribution in [3.63, 3.8) is 0 Å². The quantitative estimate of drug-likeness (QED) is 0.379. The van der Waals surface area contributed by atoms with Crippen molar-refractivity contribution in [2.24, 2.45) is 0 Å². The van der Waals surface area contributed by atoms with Gasteiger partial charge in [-0.3, -0.25) is 4.72 Å². The first-order valence-electron chi connectivity index (χ1n) is 11.1. The molecule has 15 heteroatoms. The van der Waals surface area contributed by atoms with Gasteiger partial charge in [-0.1, -0.05) is 6.07 Å². The van der Waals surface area contributed by atoms with Crippen molar-refractivity contribution < 1.29 is 45.8 Å². The second-order valence-corrected chi connectivity index (χ2v) is 9.74. The molecule has 1 aliphatic heterocycles. The molecule has 4 rings (SSSR count). The van der Waals surface area contributed by atoms with E-state index in [0.717, 1.165) is 30.1 Å². The van der Waals surface area contributed by atoms with E-state index in [1.807, 2.05) is 23.1 Å². The van der Waals surface area contributed by atoms with E-state index in [9.17, 15) is 35.9 Å². The summed E-state index contributed by atoms with van der Waals surface area (Å²) in [5, 5.41) is 16.5. The summed E-state index contributed by atoms with van der Waals surface area (Å²) in [7, 11) is -4.04. The molecule has 0 aliphatic carbocycles. The number of benzene rings is 2. The summed E-state index contributed by atoms with van der Waals surface area (Å²) >= 11 is 0. The van der Waals surface area contributed by atoms with Crippen molar-refractivity contribution in [1.82, 2.24) is 4.98 Å². The Bertz CT molecular complexity index is 1410. The molecular formula is C24H22F4N4O6S. The minimum atomic E-state index is -5.08. The van der Waals surface area contributed by atoms with Crippen LogP contribution >= 0.6 is 0 Å². The van der Waals surface area contributed by atoms with Crippen LogP contribution in [0, 0.1) is 5.82 Å². The van der Waals surface area contributed by atoms with E-state index in [1.54, 1.807) is 12.3 Å². The van der Waals surface area contributed by atoms with E-state index < -0.39 is 34.0 Å². The van der Waals surface area contributed by atoms with Crippen LogP contribution in [0.15, 0.2) is 71.8 Å². The number of halogens is 4. The Morgan fingerprint density at radius 2 is 1.49 bits per heavy atom. The third-order valence-corrected chi connectivity index (χ3v) is 6.83. The van der Waals surface area contributed by atoms with Crippen LogP contribution in [0.1, 0.15) is 10.4 Å². The Kier molecular flexibility index (Phi) is 8.96. The van der Waals surface area contributed by atoms with Gasteiger partial charge in [0.05, 0.1) is 21.8 Å². The fraction of sp³-hybridized carbons (Fsp3) is 0.208. The molecule has 3 aromatic rings. The minimum Gasteiger partial charge on any atom is -0.478 e. The van der Waals surface area contributed by atoms with Gasteiger partial charge in [-0.15, -0.1) is 0 Å². The number of aromatic carboxylic acids is 1. The van der Waals surface area contributed by atoms with Crippen LogP contribution in [0.3, 0.4) is 0 Å². The van der Waals surface area contributed by atoms with Crippen LogP contribution in [0.5, 0.6) is 0 Å². The molecule has 0 amide bonds. The van der Waals surface area contributed by atoms with Crippen LogP contribution in [0.25, 0.3) is 0 Å². The summed E-state index contributed by atoms with van der Waals surface area (Å²) in [6, 6.07) is 14.5. The number of nitrogens with one attached hydrogen (secondary N) is 1. The molecule has 3 N–H and O–H groups in total. The van der Waals surface area contributed by atoms with Gasteiger partial charge in [0.15, 0.2) is 0 Å². The molecule has 0 bridgehead atoms. The van der Waals surface area contributed by atoms with Gasteiger partial charge in [-0.05, 0) is 54.6 Å². The minimum absolute atomic E-state index is 0.0438. The highest BCUT2D eigenvalue weighted by molar-refractivity contribution is 7.92. The van der Waals surface area contributed by atoms with Crippen molar-refractivity contribution in [2.75, 3.05) is 40.7 Å². The summed E-state index contributed by atoms with van der Waals surface area (Å²) in [6.07, 6.45) is -3.35. The number of hydrogen-bond acceptors (Lipinski definition) is 7. The van der Waals surface area contributed by atoms with Gasteiger partial charge in [-0.25, -0.2) is 27.4 Å². The van der Waals surface area contributed by atoms with Crippen molar-refractivity contribution in [3.05, 3.63) is 78.2 Å². The van der Waals surface area contributed by atoms with Gasteiger partial charge in [0.2, 0.25) is 0 Å². The first-order chi connectivity index (χ1) is 18.3. The fourth-order valence-electron chi connectivity index (χ4n) is 3.56. The molecule has 208 valence electrons. The van der Waals surface area contributed by atoms with Gasteiger partial charge >= 0.3 is 18.1 Å². The molecule has 1 fully saturated rings. The lowest BCUT2D eigenvalue weighted by atomic mass is 10.1. The number of aromatic nitrogens is 1. The highest BCUT2D eigenvalue weighted by atomic mass is 32.2. The van der Waals surface area contributed by atoms with Gasteiger partial charge in [0.1, 0.15) is 11.6 Å². The van der Waals surface area contributed by atoms with E-state index >= 15 is 0 Å². The van der Waals surface area contributed by atoms with Crippen molar-refractivity contribution >= 4 is 39.2 Å². The summed E-state index contributed by atoms with van der Waals surface area (Å²) in [5.74, 6) is -3.61. The van der Waals surface area contributed by atoms with Gasteiger partial charge in [0, 0.05) is 32.4 Å². The Hall–Kier alpha value is -4.40. The number of rotatable bonds is 6. The summed E-state index contributed by atoms with van der Waals surface area (Å²) in [6.45, 7) is 2.52. The first-order valence-corrected chi connectivity index (χ1v) is 12.6. The number of alkyl halides is 3. The lowest BCUT2D eigenvalue weighted by Gasteiger charge is -2.37. The van der Waals surface area contributed by atoms with Crippen molar-refractivity contribution in [1.29, 1.82) is 0 Å². The van der Waals surface area contributed by atoms with Crippen LogP contribution in [-0.4, -0.2) is 67.9 Å². The Morgan fingerprint density at radius 3 is 2.00 bits per heavy atom. The molecule has 2 heterocycles. The highest BCUT2D eigenvalue weighted by Gasteiger charge is 2.38. The lowest BCUT2D eigenvalue weighted by Crippen LogP contribution is -2.47. The predicted molar refractivity (Wildman–Crippen MR) is 133 cm³/mol. The van der Waals surface area contributed by atoms with Crippen LogP contribution in [-0.2, 0) is 14.8 Å². The van der Waals surface area contributed by atoms with E-state index in [-0.39, 0.29) is 16.1 Å². The first kappa shape index (κ1) is 29.2. The molecule has 1 aliphatic rings. The second kappa shape index (κ2) is 12.0. The number of aliphatic carboxylic acids is 1. The van der Waals surface area contributed by atoms with Crippen molar-refractivity contribution in [2.45, 2.75) is 11.1 Å². The van der Waals surface area contributed by atoms with E-state index in [2.05, 4.69) is 14.6 Å². The lowest BCUT2D eigenvalue weighted by molar-refractivity contribution is -0.192. The Balaban J connectivity index is 0.000000532. The normalized spacial score (nSPS) is 13.7. The zero-order valence-electron chi connectivity index (χ0n) is 20.0. The summed E-state index contributed by atoms with van der Waals surface area (Å²) < 4.78 is 73.1. The van der Waals surface area contributed by atoms with Crippen molar-refractivity contribution in [3.8, 4) is 0 Å². The fourth-order valence-corrected chi connectivity index (χ4v) is 4.63. The number of sulfonamides is 1. The van der Waals surface area contributed by atoms with Gasteiger partial charge in [0.25, 0.3) is 10.0 Å². The molecule has 0 unspecified atom stereocenters. The zero-order valence-corrected chi connectivity index (χ0v) is 20.8. The molecule has 0 saturated carbocycles. The van der Waals surface area contributed by atoms with E-state index in [1.165, 1.54) is 12.1 Å². The van der Waals surface area contributed by atoms with E-state index in [0.29, 0.717) is 31.9 Å². The Labute approximate surface area is 220 Å². The molecule has 39 heavy (non-hydrogen) atoms. The number of pyridine rings is 1. The average Bonchev–Trinajstić information content (AvgIpc) is 2.89. The molecule has 0 spiro atoms. The monoisotopic (exact) mass is 570 g/mol. The maximum absolute atomic E-state index is 13.2. The number of nitrogens with zero attached hydrogens (tertiary/aromatic N) is 3. The largest absolute Gasteiger partial charge is 0.490 e. The topological polar surface area (TPSA) is 140 Å². The predicted octanol–water partition coefficient (Wildman–Crippen LogP) is 3.68. The van der Waals surface area contributed by atoms with Gasteiger partial charge in [-0.2, -0.15) is 13.2 Å². The highest BCUT2D eigenvalue weighted by Crippen LogP contribution is 2.31. The average molecular weight is 571 g/mol. The summed E-state index contributed by atoms with van der Waals surface area (Å²) in [4.78, 5) is 28.7. The Morgan fingerprint density at radius 1 is 0.897 bits per heavy atom.